The van der Waals surface area contributed by atoms with Crippen molar-refractivity contribution in [1.29, 1.82) is 0 Å². The van der Waals surface area contributed by atoms with Crippen LogP contribution in [0, 0.1) is 11.3 Å². The summed E-state index contributed by atoms with van der Waals surface area (Å²) in [5.74, 6) is 1.30. The van der Waals surface area contributed by atoms with Crippen LogP contribution in [-0.4, -0.2) is 72.9 Å². The highest BCUT2D eigenvalue weighted by atomic mass is 32.1. The predicted octanol–water partition coefficient (Wildman–Crippen LogP) is 2.95. The highest BCUT2D eigenvalue weighted by Gasteiger charge is 2.54. The Morgan fingerprint density at radius 1 is 1.30 bits per heavy atom. The number of nitrogens with zero attached hydrogens (tertiary/aromatic N) is 4. The minimum Gasteiger partial charge on any atom is -0.466 e. The van der Waals surface area contributed by atoms with E-state index in [-0.39, 0.29) is 5.97 Å². The van der Waals surface area contributed by atoms with Gasteiger partial charge in [0.1, 0.15) is 12.1 Å². The van der Waals surface area contributed by atoms with Crippen LogP contribution >= 0.6 is 11.3 Å². The lowest BCUT2D eigenvalue weighted by Crippen LogP contribution is -2.59. The van der Waals surface area contributed by atoms with E-state index in [1.54, 1.807) is 17.7 Å². The Morgan fingerprint density at radius 3 is 3.00 bits per heavy atom. The highest BCUT2D eigenvalue weighted by Crippen LogP contribution is 2.49. The van der Waals surface area contributed by atoms with Gasteiger partial charge < -0.3 is 14.4 Å². The van der Waals surface area contributed by atoms with Gasteiger partial charge in [0.25, 0.3) is 0 Å². The lowest BCUT2D eigenvalue weighted by atomic mass is 9.61. The topological polar surface area (TPSA) is 67.8 Å². The maximum absolute atomic E-state index is 13.3. The standard InChI is InChI=1S/C22H30N4O3S/c1-2-29-21(27)22-6-3-17(25-8-10-28-11-9-25)13-16(22)4-7-26(14-22)20-19-18(5-12-30-19)23-15-24-20/h5,12,15-17H,2-4,6-11,13-14H2,1H3/t16-,17+,22-/m1/s1. The van der Waals surface area contributed by atoms with Crippen LogP contribution in [0.1, 0.15) is 32.6 Å². The molecule has 30 heavy (non-hydrogen) atoms. The van der Waals surface area contributed by atoms with E-state index in [9.17, 15) is 4.79 Å². The van der Waals surface area contributed by atoms with Crippen LogP contribution < -0.4 is 4.90 Å². The molecule has 5 rings (SSSR count). The van der Waals surface area contributed by atoms with Crippen molar-refractivity contribution in [2.45, 2.75) is 38.6 Å². The lowest BCUT2D eigenvalue weighted by molar-refractivity contribution is -0.164. The zero-order valence-corrected chi connectivity index (χ0v) is 18.4. The van der Waals surface area contributed by atoms with Crippen molar-refractivity contribution in [3.05, 3.63) is 17.8 Å². The molecule has 2 aromatic rings. The Balaban J connectivity index is 1.41. The third-order valence-corrected chi connectivity index (χ3v) is 8.15. The van der Waals surface area contributed by atoms with E-state index in [0.717, 1.165) is 74.6 Å². The maximum atomic E-state index is 13.3. The SMILES string of the molecule is CCOC(=O)[C@@]12CC[C@H](N3CCOCC3)C[C@H]1CCN(c1ncnc3ccsc13)C2. The molecule has 4 heterocycles. The first-order valence-electron chi connectivity index (χ1n) is 11.1. The number of hydrogen-bond donors (Lipinski definition) is 0. The molecule has 0 spiro atoms. The number of hydrogen-bond acceptors (Lipinski definition) is 8. The fourth-order valence-electron chi connectivity index (χ4n) is 5.70. The van der Waals surface area contributed by atoms with Gasteiger partial charge in [-0.2, -0.15) is 0 Å². The Morgan fingerprint density at radius 2 is 2.17 bits per heavy atom. The van der Waals surface area contributed by atoms with Crippen LogP contribution in [0.15, 0.2) is 17.8 Å². The second-order valence-electron chi connectivity index (χ2n) is 8.69. The van der Waals surface area contributed by atoms with Crippen molar-refractivity contribution in [2.75, 3.05) is 50.9 Å². The van der Waals surface area contributed by atoms with Crippen LogP contribution in [0.3, 0.4) is 0 Å². The van der Waals surface area contributed by atoms with E-state index in [1.165, 1.54) is 0 Å². The van der Waals surface area contributed by atoms with Gasteiger partial charge in [-0.05, 0) is 50.0 Å². The summed E-state index contributed by atoms with van der Waals surface area (Å²) in [4.78, 5) is 27.2. The highest BCUT2D eigenvalue weighted by molar-refractivity contribution is 7.17. The van der Waals surface area contributed by atoms with Crippen LogP contribution in [0.25, 0.3) is 10.2 Å². The van der Waals surface area contributed by atoms with E-state index in [4.69, 9.17) is 9.47 Å². The van der Waals surface area contributed by atoms with Gasteiger partial charge in [-0.1, -0.05) is 0 Å². The molecule has 8 heteroatoms. The second-order valence-corrected chi connectivity index (χ2v) is 9.61. The number of fused-ring (bicyclic) bond motifs is 2. The molecule has 162 valence electrons. The van der Waals surface area contributed by atoms with Gasteiger partial charge in [0.15, 0.2) is 0 Å². The first-order chi connectivity index (χ1) is 14.7. The molecule has 0 N–H and O–H groups in total. The molecule has 0 radical (unpaired) electrons. The normalized spacial score (nSPS) is 30.2. The zero-order chi connectivity index (χ0) is 20.6. The summed E-state index contributed by atoms with van der Waals surface area (Å²) in [5.41, 5.74) is 0.541. The van der Waals surface area contributed by atoms with Crippen LogP contribution in [-0.2, 0) is 14.3 Å². The van der Waals surface area contributed by atoms with Gasteiger partial charge in [0.2, 0.25) is 0 Å². The smallest absolute Gasteiger partial charge is 0.314 e. The van der Waals surface area contributed by atoms with E-state index < -0.39 is 5.41 Å². The van der Waals surface area contributed by atoms with Crippen LogP contribution in [0.5, 0.6) is 0 Å². The van der Waals surface area contributed by atoms with Gasteiger partial charge in [-0.25, -0.2) is 9.97 Å². The number of rotatable bonds is 4. The minimum absolute atomic E-state index is 0.0170. The number of carbonyl (C=O) groups excluding carboxylic acids is 1. The lowest BCUT2D eigenvalue weighted by Gasteiger charge is -2.52. The van der Waals surface area contributed by atoms with Crippen molar-refractivity contribution < 1.29 is 14.3 Å². The predicted molar refractivity (Wildman–Crippen MR) is 117 cm³/mol. The first-order valence-corrected chi connectivity index (χ1v) is 12.0. The average molecular weight is 431 g/mol. The van der Waals surface area contributed by atoms with E-state index in [2.05, 4.69) is 25.1 Å². The summed E-state index contributed by atoms with van der Waals surface area (Å²) < 4.78 is 12.3. The van der Waals surface area contributed by atoms with Crippen molar-refractivity contribution in [3.8, 4) is 0 Å². The van der Waals surface area contributed by atoms with Crippen molar-refractivity contribution >= 4 is 33.3 Å². The molecule has 3 atom stereocenters. The van der Waals surface area contributed by atoms with Crippen LogP contribution in [0.4, 0.5) is 5.82 Å². The Hall–Kier alpha value is -1.77. The van der Waals surface area contributed by atoms with E-state index >= 15 is 0 Å². The summed E-state index contributed by atoms with van der Waals surface area (Å²) in [6.07, 6.45) is 5.64. The monoisotopic (exact) mass is 430 g/mol. The van der Waals surface area contributed by atoms with Gasteiger partial charge in [0.05, 0.1) is 35.5 Å². The van der Waals surface area contributed by atoms with Crippen molar-refractivity contribution in [1.82, 2.24) is 14.9 Å². The number of esters is 1. The molecular weight excluding hydrogens is 400 g/mol. The maximum Gasteiger partial charge on any atom is 0.314 e. The summed E-state index contributed by atoms with van der Waals surface area (Å²) >= 11 is 1.67. The molecule has 0 unspecified atom stereocenters. The minimum atomic E-state index is -0.439. The Bertz CT molecular complexity index is 899. The largest absolute Gasteiger partial charge is 0.466 e. The number of piperidine rings is 1. The number of carbonyl (C=O) groups is 1. The third-order valence-electron chi connectivity index (χ3n) is 7.25. The number of ether oxygens (including phenoxy) is 2. The van der Waals surface area contributed by atoms with Gasteiger partial charge in [-0.15, -0.1) is 11.3 Å². The molecular formula is C22H30N4O3S. The van der Waals surface area contributed by atoms with E-state index in [1.807, 2.05) is 13.0 Å². The van der Waals surface area contributed by atoms with Crippen molar-refractivity contribution in [2.24, 2.45) is 11.3 Å². The summed E-state index contributed by atoms with van der Waals surface area (Å²) in [5, 5.41) is 2.06. The van der Waals surface area contributed by atoms with Gasteiger partial charge in [-0.3, -0.25) is 9.69 Å². The van der Waals surface area contributed by atoms with Gasteiger partial charge >= 0.3 is 5.97 Å². The molecule has 3 aliphatic rings. The Labute approximate surface area is 181 Å². The third kappa shape index (κ3) is 3.48. The molecule has 0 amide bonds. The molecule has 2 saturated heterocycles. The molecule has 1 saturated carbocycles. The summed E-state index contributed by atoms with van der Waals surface area (Å²) in [7, 11) is 0. The fourth-order valence-corrected chi connectivity index (χ4v) is 6.56. The second kappa shape index (κ2) is 8.40. The van der Waals surface area contributed by atoms with Gasteiger partial charge in [0, 0.05) is 32.2 Å². The molecule has 0 bridgehead atoms. The molecule has 1 aliphatic carbocycles. The number of aromatic nitrogens is 2. The van der Waals surface area contributed by atoms with Crippen molar-refractivity contribution in [3.63, 3.8) is 0 Å². The number of thiophene rings is 1. The average Bonchev–Trinajstić information content (AvgIpc) is 3.28. The molecule has 7 nitrogen and oxygen atoms in total. The first kappa shape index (κ1) is 20.2. The number of anilines is 1. The summed E-state index contributed by atoms with van der Waals surface area (Å²) in [6, 6.07) is 2.59. The number of morpholine rings is 1. The summed E-state index contributed by atoms with van der Waals surface area (Å²) in [6.45, 7) is 7.61. The molecule has 0 aromatic carbocycles. The quantitative estimate of drug-likeness (QED) is 0.691. The Kier molecular flexibility index (Phi) is 5.64. The van der Waals surface area contributed by atoms with E-state index in [0.29, 0.717) is 25.1 Å². The molecule has 2 aliphatic heterocycles. The fraction of sp³-hybridized carbons (Fsp3) is 0.682. The van der Waals surface area contributed by atoms with Crippen LogP contribution in [0.2, 0.25) is 0 Å². The molecule has 3 fully saturated rings. The zero-order valence-electron chi connectivity index (χ0n) is 17.6. The molecule has 2 aromatic heterocycles.